The molecule has 1 aromatic heterocycles. The SMILES string of the molecule is C=Nc1[nH]c(=O)n(C/C=C/C=C\S)c1/N=C(\C)C/C(C)=C/C(OC)=C(\COC)OC. The van der Waals surface area contributed by atoms with Crippen LogP contribution in [-0.2, 0) is 20.8 Å². The predicted molar refractivity (Wildman–Crippen MR) is 126 cm³/mol. The van der Waals surface area contributed by atoms with Crippen LogP contribution < -0.4 is 5.69 Å². The van der Waals surface area contributed by atoms with Crippen molar-refractivity contribution in [1.82, 2.24) is 9.55 Å². The fraction of sp³-hybridized carbons (Fsp3) is 0.381. The molecule has 1 rings (SSSR count). The zero-order valence-corrected chi connectivity index (χ0v) is 19.0. The van der Waals surface area contributed by atoms with Crippen LogP contribution in [0.25, 0.3) is 0 Å². The third-order valence-electron chi connectivity index (χ3n) is 3.94. The molecule has 1 aromatic rings. The van der Waals surface area contributed by atoms with Gasteiger partial charge in [-0.15, -0.1) is 0 Å². The number of ether oxygens (including phenoxy) is 3. The number of thiol groups is 1. The molecule has 0 fully saturated rings. The molecule has 164 valence electrons. The molecule has 0 radical (unpaired) electrons. The van der Waals surface area contributed by atoms with Crippen LogP contribution >= 0.6 is 12.6 Å². The van der Waals surface area contributed by atoms with Crippen molar-refractivity contribution >= 4 is 36.7 Å². The monoisotopic (exact) mass is 434 g/mol. The number of imidazole rings is 1. The summed E-state index contributed by atoms with van der Waals surface area (Å²) in [7, 11) is 4.73. The molecule has 0 atom stereocenters. The largest absolute Gasteiger partial charge is 0.495 e. The Labute approximate surface area is 182 Å². The minimum absolute atomic E-state index is 0.301. The number of nitrogens with one attached hydrogen (secondary N) is 1. The number of methoxy groups -OCH3 is 3. The second-order valence-corrected chi connectivity index (χ2v) is 6.58. The number of H-pyrrole nitrogens is 1. The molecule has 0 saturated carbocycles. The van der Waals surface area contributed by atoms with Gasteiger partial charge in [0.1, 0.15) is 6.61 Å². The maximum atomic E-state index is 12.3. The molecule has 1 heterocycles. The van der Waals surface area contributed by atoms with Gasteiger partial charge < -0.3 is 14.2 Å². The van der Waals surface area contributed by atoms with Crippen molar-refractivity contribution in [2.45, 2.75) is 26.8 Å². The summed E-state index contributed by atoms with van der Waals surface area (Å²) in [4.78, 5) is 23.4. The van der Waals surface area contributed by atoms with Gasteiger partial charge in [-0.05, 0) is 32.0 Å². The molecular formula is C21H30N4O4S. The highest BCUT2D eigenvalue weighted by Crippen LogP contribution is 2.25. The van der Waals surface area contributed by atoms with E-state index in [0.29, 0.717) is 42.7 Å². The standard InChI is InChI=1S/C21H30N4O4S/c1-15(13-17(28-5)18(29-6)14-27-4)12-16(2)23-20-19(22-3)24-21(26)25(20)10-8-7-9-11-30/h7-9,11,13,30H,3,10,12,14H2,1-2,4-6H3,(H,24,26)/b8-7+,11-9-,15-13+,18-17-,23-16+. The first-order valence-corrected chi connectivity index (χ1v) is 9.70. The van der Waals surface area contributed by atoms with Crippen LogP contribution in [-0.4, -0.2) is 49.9 Å². The van der Waals surface area contributed by atoms with Gasteiger partial charge in [0.2, 0.25) is 0 Å². The zero-order chi connectivity index (χ0) is 22.5. The Balaban J connectivity index is 3.19. The number of aromatic nitrogens is 2. The van der Waals surface area contributed by atoms with E-state index in [1.54, 1.807) is 38.9 Å². The van der Waals surface area contributed by atoms with Gasteiger partial charge in [0.15, 0.2) is 23.2 Å². The van der Waals surface area contributed by atoms with E-state index in [-0.39, 0.29) is 5.69 Å². The molecule has 1 N–H and O–H groups in total. The van der Waals surface area contributed by atoms with Crippen LogP contribution in [0.15, 0.2) is 61.6 Å². The lowest BCUT2D eigenvalue weighted by Gasteiger charge is -2.11. The molecule has 0 aliphatic rings. The average Bonchev–Trinajstić information content (AvgIpc) is 3.02. The Morgan fingerprint density at radius 1 is 1.23 bits per heavy atom. The zero-order valence-electron chi connectivity index (χ0n) is 18.1. The van der Waals surface area contributed by atoms with Crippen molar-refractivity contribution in [2.24, 2.45) is 9.98 Å². The van der Waals surface area contributed by atoms with E-state index in [2.05, 4.69) is 34.3 Å². The fourth-order valence-electron chi connectivity index (χ4n) is 2.65. The third kappa shape index (κ3) is 7.57. The molecular weight excluding hydrogens is 404 g/mol. The summed E-state index contributed by atoms with van der Waals surface area (Å²) in [5.41, 5.74) is 1.49. The number of aromatic amines is 1. The second-order valence-electron chi connectivity index (χ2n) is 6.28. The van der Waals surface area contributed by atoms with Crippen LogP contribution in [0.4, 0.5) is 11.6 Å². The van der Waals surface area contributed by atoms with Gasteiger partial charge >= 0.3 is 5.69 Å². The lowest BCUT2D eigenvalue weighted by molar-refractivity contribution is 0.141. The average molecular weight is 435 g/mol. The van der Waals surface area contributed by atoms with Gasteiger partial charge in [-0.1, -0.05) is 23.8 Å². The Kier molecular flexibility index (Phi) is 11.3. The Morgan fingerprint density at radius 3 is 2.53 bits per heavy atom. The van der Waals surface area contributed by atoms with Crippen molar-refractivity contribution in [3.8, 4) is 0 Å². The molecule has 0 amide bonds. The van der Waals surface area contributed by atoms with E-state index in [9.17, 15) is 4.79 Å². The maximum Gasteiger partial charge on any atom is 0.329 e. The van der Waals surface area contributed by atoms with Gasteiger partial charge in [-0.2, -0.15) is 12.6 Å². The number of hydrogen-bond acceptors (Lipinski definition) is 7. The summed E-state index contributed by atoms with van der Waals surface area (Å²) in [6.07, 6.45) is 7.82. The lowest BCUT2D eigenvalue weighted by Crippen LogP contribution is -2.15. The van der Waals surface area contributed by atoms with E-state index in [1.165, 1.54) is 4.57 Å². The van der Waals surface area contributed by atoms with E-state index >= 15 is 0 Å². The Bertz CT molecular complexity index is 920. The fourth-order valence-corrected chi connectivity index (χ4v) is 2.75. The quantitative estimate of drug-likeness (QED) is 0.224. The molecule has 0 bridgehead atoms. The summed E-state index contributed by atoms with van der Waals surface area (Å²) >= 11 is 3.99. The molecule has 30 heavy (non-hydrogen) atoms. The highest BCUT2D eigenvalue weighted by Gasteiger charge is 2.12. The molecule has 0 saturated heterocycles. The first-order chi connectivity index (χ1) is 14.4. The van der Waals surface area contributed by atoms with E-state index in [1.807, 2.05) is 26.0 Å². The second kappa shape index (κ2) is 13.4. The lowest BCUT2D eigenvalue weighted by atomic mass is 10.1. The number of rotatable bonds is 12. The normalized spacial score (nSPS) is 13.8. The summed E-state index contributed by atoms with van der Waals surface area (Å²) in [5, 5.41) is 1.61. The van der Waals surface area contributed by atoms with E-state index < -0.39 is 0 Å². The summed E-state index contributed by atoms with van der Waals surface area (Å²) in [5.74, 6) is 1.94. The maximum absolute atomic E-state index is 12.3. The van der Waals surface area contributed by atoms with Crippen molar-refractivity contribution in [3.05, 3.63) is 57.3 Å². The van der Waals surface area contributed by atoms with Crippen LogP contribution in [0.3, 0.4) is 0 Å². The van der Waals surface area contributed by atoms with Crippen LogP contribution in [0.1, 0.15) is 20.3 Å². The number of allylic oxidation sites excluding steroid dienone is 5. The van der Waals surface area contributed by atoms with Crippen molar-refractivity contribution in [1.29, 1.82) is 0 Å². The van der Waals surface area contributed by atoms with Gasteiger partial charge in [0.05, 0.1) is 14.2 Å². The molecule has 9 heteroatoms. The first kappa shape index (κ1) is 25.3. The number of aliphatic imine (C=N–C) groups is 2. The summed E-state index contributed by atoms with van der Waals surface area (Å²) in [6, 6.07) is 0. The van der Waals surface area contributed by atoms with Gasteiger partial charge in [0.25, 0.3) is 0 Å². The summed E-state index contributed by atoms with van der Waals surface area (Å²) < 4.78 is 17.4. The molecule has 0 aliphatic carbocycles. The highest BCUT2D eigenvalue weighted by molar-refractivity contribution is 7.83. The van der Waals surface area contributed by atoms with Crippen LogP contribution in [0.2, 0.25) is 0 Å². The highest BCUT2D eigenvalue weighted by atomic mass is 32.1. The topological polar surface area (TPSA) is 90.2 Å². The van der Waals surface area contributed by atoms with Crippen molar-refractivity contribution in [2.75, 3.05) is 27.9 Å². The van der Waals surface area contributed by atoms with E-state index in [4.69, 9.17) is 14.2 Å². The minimum atomic E-state index is -0.301. The minimum Gasteiger partial charge on any atom is -0.495 e. The molecule has 0 unspecified atom stereocenters. The van der Waals surface area contributed by atoms with Crippen LogP contribution in [0, 0.1) is 0 Å². The van der Waals surface area contributed by atoms with Crippen molar-refractivity contribution in [3.63, 3.8) is 0 Å². The smallest absolute Gasteiger partial charge is 0.329 e. The van der Waals surface area contributed by atoms with Crippen LogP contribution in [0.5, 0.6) is 0 Å². The van der Waals surface area contributed by atoms with Crippen molar-refractivity contribution < 1.29 is 14.2 Å². The van der Waals surface area contributed by atoms with Gasteiger partial charge in [-0.25, -0.2) is 14.8 Å². The molecule has 0 spiro atoms. The Hall–Kier alpha value is -2.78. The number of nitrogens with zero attached hydrogens (tertiary/aromatic N) is 3. The molecule has 8 nitrogen and oxygen atoms in total. The Morgan fingerprint density at radius 2 is 1.97 bits per heavy atom. The number of hydrogen-bond donors (Lipinski definition) is 2. The van der Waals surface area contributed by atoms with Gasteiger partial charge in [0, 0.05) is 25.8 Å². The molecule has 0 aromatic carbocycles. The summed E-state index contributed by atoms with van der Waals surface area (Å²) in [6.45, 7) is 8.01. The van der Waals surface area contributed by atoms with E-state index in [0.717, 1.165) is 11.3 Å². The first-order valence-electron chi connectivity index (χ1n) is 9.18. The predicted octanol–water partition coefficient (Wildman–Crippen LogP) is 4.09. The molecule has 0 aliphatic heterocycles. The van der Waals surface area contributed by atoms with Gasteiger partial charge in [-0.3, -0.25) is 9.55 Å². The third-order valence-corrected chi connectivity index (χ3v) is 4.11.